The van der Waals surface area contributed by atoms with Crippen LogP contribution in [-0.2, 0) is 11.8 Å². The van der Waals surface area contributed by atoms with E-state index in [2.05, 4.69) is 26.0 Å². The quantitative estimate of drug-likeness (QED) is 0.609. The first-order valence-corrected chi connectivity index (χ1v) is 6.28. The highest BCUT2D eigenvalue weighted by Crippen LogP contribution is 2.28. The Bertz CT molecular complexity index is 576. The Morgan fingerprint density at radius 2 is 1.74 bits per heavy atom. The highest BCUT2D eigenvalue weighted by Gasteiger charge is 2.21. The summed E-state index contributed by atoms with van der Waals surface area (Å²) in [6, 6.07) is 17.1. The van der Waals surface area contributed by atoms with Crippen LogP contribution in [0.15, 0.2) is 54.6 Å². The van der Waals surface area contributed by atoms with Gasteiger partial charge in [0.15, 0.2) is 0 Å². The number of hydrogen-bond acceptors (Lipinski definition) is 2. The van der Waals surface area contributed by atoms with Crippen LogP contribution in [0.1, 0.15) is 25.0 Å². The lowest BCUT2D eigenvalue weighted by Gasteiger charge is -2.25. The minimum Gasteiger partial charge on any atom is -0.258 e. The van der Waals surface area contributed by atoms with Crippen LogP contribution < -0.4 is 0 Å². The van der Waals surface area contributed by atoms with Gasteiger partial charge in [0.05, 0.1) is 4.92 Å². The molecule has 2 aromatic rings. The summed E-state index contributed by atoms with van der Waals surface area (Å²) >= 11 is 0. The molecule has 3 nitrogen and oxygen atoms in total. The van der Waals surface area contributed by atoms with Crippen LogP contribution in [0.5, 0.6) is 0 Å². The van der Waals surface area contributed by atoms with E-state index in [1.54, 1.807) is 12.1 Å². The Labute approximate surface area is 113 Å². The Morgan fingerprint density at radius 3 is 2.37 bits per heavy atom. The number of nitrogens with zero attached hydrogens (tertiary/aromatic N) is 1. The Kier molecular flexibility index (Phi) is 3.65. The molecule has 0 aromatic heterocycles. The second-order valence-corrected chi connectivity index (χ2v) is 5.35. The van der Waals surface area contributed by atoms with Gasteiger partial charge < -0.3 is 0 Å². The molecule has 0 aliphatic carbocycles. The van der Waals surface area contributed by atoms with Gasteiger partial charge in [0.1, 0.15) is 0 Å². The van der Waals surface area contributed by atoms with E-state index >= 15 is 0 Å². The monoisotopic (exact) mass is 255 g/mol. The van der Waals surface area contributed by atoms with Crippen molar-refractivity contribution in [2.75, 3.05) is 0 Å². The first kappa shape index (κ1) is 13.3. The van der Waals surface area contributed by atoms with Gasteiger partial charge in [0, 0.05) is 12.1 Å². The maximum Gasteiger partial charge on any atom is 0.269 e. The summed E-state index contributed by atoms with van der Waals surface area (Å²) in [6.07, 6.45) is 0.776. The molecule has 0 aliphatic rings. The van der Waals surface area contributed by atoms with Crippen molar-refractivity contribution in [2.45, 2.75) is 25.7 Å². The van der Waals surface area contributed by atoms with E-state index < -0.39 is 0 Å². The molecule has 3 heteroatoms. The number of rotatable bonds is 4. The molecule has 0 radical (unpaired) electrons. The van der Waals surface area contributed by atoms with Crippen molar-refractivity contribution in [3.8, 4) is 0 Å². The number of nitro groups is 1. The van der Waals surface area contributed by atoms with Gasteiger partial charge in [0.2, 0.25) is 0 Å². The maximum absolute atomic E-state index is 10.8. The number of benzene rings is 2. The number of non-ortho nitro benzene ring substituents is 1. The van der Waals surface area contributed by atoms with Crippen LogP contribution in [0.3, 0.4) is 0 Å². The molecule has 0 atom stereocenters. The Hall–Kier alpha value is -2.16. The Morgan fingerprint density at radius 1 is 1.05 bits per heavy atom. The highest BCUT2D eigenvalue weighted by molar-refractivity contribution is 5.36. The zero-order valence-electron chi connectivity index (χ0n) is 11.2. The van der Waals surface area contributed by atoms with E-state index in [1.807, 2.05) is 24.3 Å². The molecular weight excluding hydrogens is 238 g/mol. The van der Waals surface area contributed by atoms with E-state index in [4.69, 9.17) is 0 Å². The first-order valence-electron chi connectivity index (χ1n) is 6.28. The zero-order valence-corrected chi connectivity index (χ0v) is 11.2. The molecule has 0 aliphatic heterocycles. The van der Waals surface area contributed by atoms with Gasteiger partial charge >= 0.3 is 0 Å². The maximum atomic E-state index is 10.8. The summed E-state index contributed by atoms with van der Waals surface area (Å²) in [4.78, 5) is 10.4. The molecule has 0 unspecified atom stereocenters. The molecule has 2 rings (SSSR count). The SMILES string of the molecule is CC(C)(Cc1cccc([N+](=O)[O-])c1)c1ccccc1. The van der Waals surface area contributed by atoms with Crippen LogP contribution in [0.4, 0.5) is 5.69 Å². The predicted octanol–water partition coefficient (Wildman–Crippen LogP) is 4.12. The van der Waals surface area contributed by atoms with Gasteiger partial charge in [-0.2, -0.15) is 0 Å². The average molecular weight is 255 g/mol. The third kappa shape index (κ3) is 3.19. The minimum atomic E-state index is -0.348. The van der Waals surface area contributed by atoms with Crippen molar-refractivity contribution in [3.63, 3.8) is 0 Å². The van der Waals surface area contributed by atoms with Gasteiger partial charge in [-0.15, -0.1) is 0 Å². The summed E-state index contributed by atoms with van der Waals surface area (Å²) in [5.74, 6) is 0. The molecule has 0 spiro atoms. The van der Waals surface area contributed by atoms with Crippen molar-refractivity contribution < 1.29 is 4.92 Å². The molecule has 19 heavy (non-hydrogen) atoms. The lowest BCUT2D eigenvalue weighted by atomic mass is 9.79. The van der Waals surface area contributed by atoms with Gasteiger partial charge in [-0.05, 0) is 23.0 Å². The van der Waals surface area contributed by atoms with Gasteiger partial charge in [-0.25, -0.2) is 0 Å². The molecule has 0 N–H and O–H groups in total. The number of nitro benzene ring substituents is 1. The van der Waals surface area contributed by atoms with Crippen LogP contribution in [0.2, 0.25) is 0 Å². The van der Waals surface area contributed by atoms with E-state index in [0.717, 1.165) is 12.0 Å². The molecule has 0 fully saturated rings. The molecule has 2 aromatic carbocycles. The molecule has 98 valence electrons. The summed E-state index contributed by atoms with van der Waals surface area (Å²) in [5.41, 5.74) is 2.34. The molecule has 0 saturated carbocycles. The fourth-order valence-electron chi connectivity index (χ4n) is 2.28. The summed E-state index contributed by atoms with van der Waals surface area (Å²) in [5, 5.41) is 10.8. The second kappa shape index (κ2) is 5.22. The summed E-state index contributed by atoms with van der Waals surface area (Å²) in [6.45, 7) is 4.31. The van der Waals surface area contributed by atoms with Gasteiger partial charge in [0.25, 0.3) is 5.69 Å². The summed E-state index contributed by atoms with van der Waals surface area (Å²) in [7, 11) is 0. The van der Waals surface area contributed by atoms with Crippen LogP contribution >= 0.6 is 0 Å². The van der Waals surface area contributed by atoms with Crippen molar-refractivity contribution >= 4 is 5.69 Å². The standard InChI is InChI=1S/C16H17NO2/c1-16(2,14-8-4-3-5-9-14)12-13-7-6-10-15(11-13)17(18)19/h3-11H,12H2,1-2H3. The smallest absolute Gasteiger partial charge is 0.258 e. The van der Waals surface area contributed by atoms with Crippen LogP contribution in [0.25, 0.3) is 0 Å². The van der Waals surface area contributed by atoms with Crippen molar-refractivity contribution in [3.05, 3.63) is 75.8 Å². The fourth-order valence-corrected chi connectivity index (χ4v) is 2.28. The van der Waals surface area contributed by atoms with Crippen LogP contribution in [0, 0.1) is 10.1 Å². The predicted molar refractivity (Wildman–Crippen MR) is 76.3 cm³/mol. The third-order valence-corrected chi connectivity index (χ3v) is 3.32. The van der Waals surface area contributed by atoms with Crippen molar-refractivity contribution in [1.29, 1.82) is 0 Å². The zero-order chi connectivity index (χ0) is 13.9. The average Bonchev–Trinajstić information content (AvgIpc) is 2.39. The Balaban J connectivity index is 2.25. The summed E-state index contributed by atoms with van der Waals surface area (Å²) < 4.78 is 0. The highest BCUT2D eigenvalue weighted by atomic mass is 16.6. The fraction of sp³-hybridized carbons (Fsp3) is 0.250. The second-order valence-electron chi connectivity index (χ2n) is 5.35. The van der Waals surface area contributed by atoms with E-state index in [1.165, 1.54) is 11.6 Å². The number of hydrogen-bond donors (Lipinski definition) is 0. The molecule has 0 heterocycles. The van der Waals surface area contributed by atoms with Crippen LogP contribution in [-0.4, -0.2) is 4.92 Å². The first-order chi connectivity index (χ1) is 8.99. The normalized spacial score (nSPS) is 11.3. The molecular formula is C16H17NO2. The lowest BCUT2D eigenvalue weighted by Crippen LogP contribution is -2.20. The molecule has 0 amide bonds. The topological polar surface area (TPSA) is 43.1 Å². The van der Waals surface area contributed by atoms with Gasteiger partial charge in [-0.1, -0.05) is 56.3 Å². The molecule has 0 bridgehead atoms. The largest absolute Gasteiger partial charge is 0.269 e. The minimum absolute atomic E-state index is 0.0452. The van der Waals surface area contributed by atoms with E-state index in [0.29, 0.717) is 0 Å². The van der Waals surface area contributed by atoms with E-state index in [9.17, 15) is 10.1 Å². The van der Waals surface area contributed by atoms with Crippen molar-refractivity contribution in [1.82, 2.24) is 0 Å². The lowest BCUT2D eigenvalue weighted by molar-refractivity contribution is -0.384. The van der Waals surface area contributed by atoms with Gasteiger partial charge in [-0.3, -0.25) is 10.1 Å². The third-order valence-electron chi connectivity index (χ3n) is 3.32. The molecule has 0 saturated heterocycles. The van der Waals surface area contributed by atoms with E-state index in [-0.39, 0.29) is 16.0 Å². The van der Waals surface area contributed by atoms with Crippen molar-refractivity contribution in [2.24, 2.45) is 0 Å².